The molecular weight excluding hydrogens is 202 g/mol. The zero-order valence-electron chi connectivity index (χ0n) is 9.48. The Morgan fingerprint density at radius 3 is 3.12 bits per heavy atom. The highest BCUT2D eigenvalue weighted by Crippen LogP contribution is 2.16. The summed E-state index contributed by atoms with van der Waals surface area (Å²) in [5.74, 6) is 0.617. The van der Waals surface area contributed by atoms with E-state index in [1.807, 2.05) is 24.3 Å². The smallest absolute Gasteiger partial charge is 0.0682 e. The van der Waals surface area contributed by atoms with Crippen molar-refractivity contribution in [3.05, 3.63) is 29.8 Å². The van der Waals surface area contributed by atoms with Gasteiger partial charge < -0.3 is 15.2 Å². The number of ether oxygens (including phenoxy) is 1. The highest BCUT2D eigenvalue weighted by atomic mass is 16.5. The maximum absolute atomic E-state index is 9.03. The van der Waals surface area contributed by atoms with Crippen LogP contribution in [0.4, 0.5) is 5.69 Å². The highest BCUT2D eigenvalue weighted by molar-refractivity contribution is 5.45. The van der Waals surface area contributed by atoms with E-state index in [1.54, 1.807) is 0 Å². The van der Waals surface area contributed by atoms with Gasteiger partial charge in [0.15, 0.2) is 0 Å². The van der Waals surface area contributed by atoms with Crippen LogP contribution in [0.1, 0.15) is 18.4 Å². The van der Waals surface area contributed by atoms with Crippen molar-refractivity contribution < 1.29 is 9.84 Å². The summed E-state index contributed by atoms with van der Waals surface area (Å²) in [5, 5.41) is 12.4. The number of aliphatic hydroxyl groups excluding tert-OH is 1. The first-order valence-electron chi connectivity index (χ1n) is 5.90. The minimum Gasteiger partial charge on any atom is -0.392 e. The van der Waals surface area contributed by atoms with Crippen molar-refractivity contribution in [3.63, 3.8) is 0 Å². The van der Waals surface area contributed by atoms with Gasteiger partial charge in [-0.25, -0.2) is 0 Å². The number of hydrogen-bond donors (Lipinski definition) is 2. The first-order valence-corrected chi connectivity index (χ1v) is 5.90. The van der Waals surface area contributed by atoms with Gasteiger partial charge in [0.2, 0.25) is 0 Å². The van der Waals surface area contributed by atoms with Gasteiger partial charge in [0.25, 0.3) is 0 Å². The minimum atomic E-state index is 0.0993. The Labute approximate surface area is 96.4 Å². The van der Waals surface area contributed by atoms with E-state index in [0.29, 0.717) is 5.92 Å². The fraction of sp³-hybridized carbons (Fsp3) is 0.538. The molecule has 0 bridgehead atoms. The summed E-state index contributed by atoms with van der Waals surface area (Å²) in [4.78, 5) is 0. The van der Waals surface area contributed by atoms with Gasteiger partial charge >= 0.3 is 0 Å². The van der Waals surface area contributed by atoms with Crippen molar-refractivity contribution in [2.75, 3.05) is 25.1 Å². The zero-order chi connectivity index (χ0) is 11.2. The van der Waals surface area contributed by atoms with Crippen LogP contribution in [0.15, 0.2) is 24.3 Å². The van der Waals surface area contributed by atoms with E-state index in [-0.39, 0.29) is 6.61 Å². The highest BCUT2D eigenvalue weighted by Gasteiger charge is 2.13. The van der Waals surface area contributed by atoms with Gasteiger partial charge in [-0.1, -0.05) is 12.1 Å². The molecule has 3 nitrogen and oxygen atoms in total. The van der Waals surface area contributed by atoms with Gasteiger partial charge in [0.1, 0.15) is 0 Å². The summed E-state index contributed by atoms with van der Waals surface area (Å²) >= 11 is 0. The van der Waals surface area contributed by atoms with Crippen molar-refractivity contribution in [2.24, 2.45) is 5.92 Å². The van der Waals surface area contributed by atoms with Crippen molar-refractivity contribution in [1.29, 1.82) is 0 Å². The van der Waals surface area contributed by atoms with Gasteiger partial charge in [-0.15, -0.1) is 0 Å². The predicted octanol–water partition coefficient (Wildman–Crippen LogP) is 2.02. The Bertz CT molecular complexity index is 321. The zero-order valence-corrected chi connectivity index (χ0v) is 9.48. The quantitative estimate of drug-likeness (QED) is 0.817. The average molecular weight is 221 g/mol. The van der Waals surface area contributed by atoms with Crippen LogP contribution in [-0.4, -0.2) is 24.9 Å². The van der Waals surface area contributed by atoms with Crippen LogP contribution in [0.25, 0.3) is 0 Å². The number of nitrogens with one attached hydrogen (secondary N) is 1. The molecule has 0 amide bonds. The second-order valence-corrected chi connectivity index (χ2v) is 4.32. The topological polar surface area (TPSA) is 41.5 Å². The Morgan fingerprint density at radius 2 is 2.38 bits per heavy atom. The summed E-state index contributed by atoms with van der Waals surface area (Å²) in [6.45, 7) is 2.83. The fourth-order valence-electron chi connectivity index (χ4n) is 2.01. The lowest BCUT2D eigenvalue weighted by Crippen LogP contribution is -2.24. The van der Waals surface area contributed by atoms with Gasteiger partial charge in [-0.2, -0.15) is 0 Å². The summed E-state index contributed by atoms with van der Waals surface area (Å²) in [5.41, 5.74) is 2.03. The number of aliphatic hydroxyl groups is 1. The third-order valence-electron chi connectivity index (χ3n) is 2.96. The van der Waals surface area contributed by atoms with E-state index in [0.717, 1.165) is 31.0 Å². The molecule has 1 atom stereocenters. The van der Waals surface area contributed by atoms with Crippen molar-refractivity contribution >= 4 is 5.69 Å². The molecule has 1 aromatic carbocycles. The molecule has 3 heteroatoms. The molecule has 0 spiro atoms. The molecule has 0 aliphatic carbocycles. The lowest BCUT2D eigenvalue weighted by Gasteiger charge is -2.22. The normalized spacial score (nSPS) is 20.7. The van der Waals surface area contributed by atoms with Crippen LogP contribution in [-0.2, 0) is 11.3 Å². The van der Waals surface area contributed by atoms with Crippen LogP contribution >= 0.6 is 0 Å². The maximum Gasteiger partial charge on any atom is 0.0682 e. The molecule has 1 unspecified atom stereocenters. The molecule has 0 aromatic heterocycles. The molecule has 1 fully saturated rings. The lowest BCUT2D eigenvalue weighted by atomic mass is 10.0. The van der Waals surface area contributed by atoms with Crippen molar-refractivity contribution in [2.45, 2.75) is 19.4 Å². The second-order valence-electron chi connectivity index (χ2n) is 4.32. The molecular formula is C13H19NO2. The van der Waals surface area contributed by atoms with E-state index in [2.05, 4.69) is 5.32 Å². The molecule has 1 aliphatic rings. The predicted molar refractivity (Wildman–Crippen MR) is 64.4 cm³/mol. The molecule has 2 N–H and O–H groups in total. The Balaban J connectivity index is 1.83. The molecule has 88 valence electrons. The summed E-state index contributed by atoms with van der Waals surface area (Å²) in [6, 6.07) is 7.91. The van der Waals surface area contributed by atoms with Gasteiger partial charge in [0, 0.05) is 18.8 Å². The van der Waals surface area contributed by atoms with Crippen LogP contribution in [0.5, 0.6) is 0 Å². The SMILES string of the molecule is OCc1cccc(NCC2CCCOC2)c1. The first kappa shape index (κ1) is 11.4. The molecule has 2 rings (SSSR count). The Kier molecular flexibility index (Phi) is 4.19. The molecule has 1 heterocycles. The summed E-state index contributed by atoms with van der Waals surface area (Å²) in [7, 11) is 0. The first-order chi connectivity index (χ1) is 7.88. The van der Waals surface area contributed by atoms with Gasteiger partial charge in [0.05, 0.1) is 13.2 Å². The average Bonchev–Trinajstić information content (AvgIpc) is 2.38. The van der Waals surface area contributed by atoms with Crippen LogP contribution in [0.3, 0.4) is 0 Å². The molecule has 0 radical (unpaired) electrons. The number of rotatable bonds is 4. The molecule has 1 aliphatic heterocycles. The second kappa shape index (κ2) is 5.87. The largest absolute Gasteiger partial charge is 0.392 e. The fourth-order valence-corrected chi connectivity index (χ4v) is 2.01. The third-order valence-corrected chi connectivity index (χ3v) is 2.96. The monoisotopic (exact) mass is 221 g/mol. The lowest BCUT2D eigenvalue weighted by molar-refractivity contribution is 0.0595. The van der Waals surface area contributed by atoms with Gasteiger partial charge in [-0.3, -0.25) is 0 Å². The minimum absolute atomic E-state index is 0.0993. The summed E-state index contributed by atoms with van der Waals surface area (Å²) in [6.07, 6.45) is 2.41. The van der Waals surface area contributed by atoms with Crippen LogP contribution in [0, 0.1) is 5.92 Å². The van der Waals surface area contributed by atoms with Crippen LogP contribution < -0.4 is 5.32 Å². The number of anilines is 1. The molecule has 16 heavy (non-hydrogen) atoms. The Hall–Kier alpha value is -1.06. The number of hydrogen-bond acceptors (Lipinski definition) is 3. The summed E-state index contributed by atoms with van der Waals surface area (Å²) < 4.78 is 5.44. The Morgan fingerprint density at radius 1 is 1.44 bits per heavy atom. The molecule has 1 aromatic rings. The van der Waals surface area contributed by atoms with Gasteiger partial charge in [-0.05, 0) is 36.5 Å². The van der Waals surface area contributed by atoms with Crippen LogP contribution in [0.2, 0.25) is 0 Å². The van der Waals surface area contributed by atoms with E-state index < -0.39 is 0 Å². The maximum atomic E-state index is 9.03. The van der Waals surface area contributed by atoms with E-state index >= 15 is 0 Å². The van der Waals surface area contributed by atoms with E-state index in [1.165, 1.54) is 12.8 Å². The van der Waals surface area contributed by atoms with Crippen molar-refractivity contribution in [1.82, 2.24) is 0 Å². The molecule has 1 saturated heterocycles. The molecule has 0 saturated carbocycles. The van der Waals surface area contributed by atoms with Crippen molar-refractivity contribution in [3.8, 4) is 0 Å². The van der Waals surface area contributed by atoms with E-state index in [9.17, 15) is 0 Å². The third kappa shape index (κ3) is 3.22. The van der Waals surface area contributed by atoms with E-state index in [4.69, 9.17) is 9.84 Å². The number of benzene rings is 1. The standard InChI is InChI=1S/C13H19NO2/c15-9-11-3-1-5-13(7-11)14-8-12-4-2-6-16-10-12/h1,3,5,7,12,14-15H,2,4,6,8-10H2.